The number of aryl methyl sites for hydroxylation is 1. The Labute approximate surface area is 100 Å². The van der Waals surface area contributed by atoms with E-state index in [9.17, 15) is 0 Å². The molecule has 0 amide bonds. The summed E-state index contributed by atoms with van der Waals surface area (Å²) >= 11 is 0. The van der Waals surface area contributed by atoms with E-state index in [-0.39, 0.29) is 5.84 Å². The second-order valence-electron chi connectivity index (χ2n) is 3.78. The first-order chi connectivity index (χ1) is 8.18. The Hall–Kier alpha value is -2.29. The number of para-hydroxylation sites is 2. The van der Waals surface area contributed by atoms with Gasteiger partial charge in [-0.2, -0.15) is 0 Å². The normalized spacial score (nSPS) is 9.94. The first-order valence-electron chi connectivity index (χ1n) is 5.35. The van der Waals surface area contributed by atoms with Gasteiger partial charge in [0.15, 0.2) is 0 Å². The molecule has 2 aromatic rings. The maximum atomic E-state index is 7.54. The molecule has 0 spiro atoms. The maximum absolute atomic E-state index is 7.54. The molecule has 0 unspecified atom stereocenters. The van der Waals surface area contributed by atoms with Crippen LogP contribution in [0.15, 0.2) is 48.5 Å². The van der Waals surface area contributed by atoms with Crippen LogP contribution >= 0.6 is 0 Å². The van der Waals surface area contributed by atoms with Crippen LogP contribution in [-0.4, -0.2) is 5.84 Å². The summed E-state index contributed by atoms with van der Waals surface area (Å²) in [6.07, 6.45) is 0. The van der Waals surface area contributed by atoms with E-state index in [4.69, 9.17) is 15.9 Å². The summed E-state index contributed by atoms with van der Waals surface area (Å²) in [5.41, 5.74) is 7.12. The molecule has 3 N–H and O–H groups in total. The number of nitrogen functional groups attached to an aromatic ring is 1. The summed E-state index contributed by atoms with van der Waals surface area (Å²) in [7, 11) is 0. The largest absolute Gasteiger partial charge is 0.456 e. The molecule has 2 aromatic carbocycles. The first kappa shape index (κ1) is 11.2. The van der Waals surface area contributed by atoms with Crippen LogP contribution in [0.5, 0.6) is 11.5 Å². The first-order valence-corrected chi connectivity index (χ1v) is 5.35. The summed E-state index contributed by atoms with van der Waals surface area (Å²) in [6, 6.07) is 15.1. The molecule has 0 aromatic heterocycles. The van der Waals surface area contributed by atoms with Crippen molar-refractivity contribution in [2.45, 2.75) is 6.92 Å². The number of rotatable bonds is 3. The van der Waals surface area contributed by atoms with Gasteiger partial charge in [-0.15, -0.1) is 0 Å². The number of amidine groups is 1. The average Bonchev–Trinajstić information content (AvgIpc) is 2.33. The lowest BCUT2D eigenvalue weighted by atomic mass is 10.1. The van der Waals surface area contributed by atoms with Gasteiger partial charge >= 0.3 is 0 Å². The van der Waals surface area contributed by atoms with Crippen molar-refractivity contribution in [2.24, 2.45) is 5.73 Å². The highest BCUT2D eigenvalue weighted by molar-refractivity contribution is 5.98. The Balaban J connectivity index is 2.41. The van der Waals surface area contributed by atoms with Gasteiger partial charge in [-0.05, 0) is 30.7 Å². The molecule has 0 heterocycles. The molecule has 3 heteroatoms. The molecule has 0 saturated carbocycles. The van der Waals surface area contributed by atoms with E-state index in [1.807, 2.05) is 49.4 Å². The molecule has 3 nitrogen and oxygen atoms in total. The second kappa shape index (κ2) is 4.70. The molecule has 0 aliphatic rings. The van der Waals surface area contributed by atoms with Crippen LogP contribution in [0.4, 0.5) is 0 Å². The van der Waals surface area contributed by atoms with Gasteiger partial charge < -0.3 is 10.5 Å². The Kier molecular flexibility index (Phi) is 3.10. The fraction of sp³-hybridized carbons (Fsp3) is 0.0714. The van der Waals surface area contributed by atoms with Crippen molar-refractivity contribution in [3.63, 3.8) is 0 Å². The molecule has 0 saturated heterocycles. The van der Waals surface area contributed by atoms with Crippen LogP contribution < -0.4 is 10.5 Å². The number of hydrogen-bond donors (Lipinski definition) is 2. The number of nitrogens with two attached hydrogens (primary N) is 1. The van der Waals surface area contributed by atoms with E-state index in [1.165, 1.54) is 0 Å². The predicted octanol–water partition coefficient (Wildman–Crippen LogP) is 3.07. The SMILES string of the molecule is Cc1cccc(C(=N)N)c1Oc1ccccc1. The Morgan fingerprint density at radius 2 is 1.76 bits per heavy atom. The lowest BCUT2D eigenvalue weighted by Crippen LogP contribution is -2.12. The molecular weight excluding hydrogens is 212 g/mol. The van der Waals surface area contributed by atoms with E-state index >= 15 is 0 Å². The van der Waals surface area contributed by atoms with Crippen molar-refractivity contribution in [2.75, 3.05) is 0 Å². The molecule has 0 aliphatic heterocycles. The van der Waals surface area contributed by atoms with Gasteiger partial charge in [0.2, 0.25) is 0 Å². The molecule has 0 fully saturated rings. The molecule has 17 heavy (non-hydrogen) atoms. The van der Waals surface area contributed by atoms with E-state index in [2.05, 4.69) is 0 Å². The minimum absolute atomic E-state index is 0.0135. The number of ether oxygens (including phenoxy) is 1. The van der Waals surface area contributed by atoms with Crippen molar-refractivity contribution < 1.29 is 4.74 Å². The zero-order valence-electron chi connectivity index (χ0n) is 9.60. The van der Waals surface area contributed by atoms with Gasteiger partial charge in [0, 0.05) is 0 Å². The predicted molar refractivity (Wildman–Crippen MR) is 68.7 cm³/mol. The third kappa shape index (κ3) is 2.45. The Morgan fingerprint density at radius 1 is 1.06 bits per heavy atom. The highest BCUT2D eigenvalue weighted by atomic mass is 16.5. The zero-order chi connectivity index (χ0) is 12.3. The van der Waals surface area contributed by atoms with Gasteiger partial charge in [-0.1, -0.05) is 30.3 Å². The topological polar surface area (TPSA) is 59.1 Å². The molecule has 0 aliphatic carbocycles. The Morgan fingerprint density at radius 3 is 2.41 bits per heavy atom. The molecule has 86 valence electrons. The van der Waals surface area contributed by atoms with Gasteiger partial charge in [-0.3, -0.25) is 5.41 Å². The quantitative estimate of drug-likeness (QED) is 0.624. The van der Waals surface area contributed by atoms with Crippen molar-refractivity contribution >= 4 is 5.84 Å². The average molecular weight is 226 g/mol. The zero-order valence-corrected chi connectivity index (χ0v) is 9.60. The van der Waals surface area contributed by atoms with Crippen molar-refractivity contribution in [1.29, 1.82) is 5.41 Å². The summed E-state index contributed by atoms with van der Waals surface area (Å²) in [5.74, 6) is 1.40. The van der Waals surface area contributed by atoms with Gasteiger partial charge in [0.1, 0.15) is 17.3 Å². The number of benzene rings is 2. The molecular formula is C14H14N2O. The van der Waals surface area contributed by atoms with E-state index in [0.717, 1.165) is 11.3 Å². The minimum Gasteiger partial charge on any atom is -0.456 e. The fourth-order valence-corrected chi connectivity index (χ4v) is 1.61. The molecule has 2 rings (SSSR count). The highest BCUT2D eigenvalue weighted by Crippen LogP contribution is 2.28. The molecule has 0 radical (unpaired) electrons. The summed E-state index contributed by atoms with van der Waals surface area (Å²) in [4.78, 5) is 0. The third-order valence-corrected chi connectivity index (χ3v) is 2.47. The summed E-state index contributed by atoms with van der Waals surface area (Å²) < 4.78 is 5.78. The van der Waals surface area contributed by atoms with Crippen LogP contribution in [0.2, 0.25) is 0 Å². The van der Waals surface area contributed by atoms with Crippen molar-refractivity contribution in [3.05, 3.63) is 59.7 Å². The van der Waals surface area contributed by atoms with Crippen LogP contribution in [0, 0.1) is 12.3 Å². The van der Waals surface area contributed by atoms with Gasteiger partial charge in [-0.25, -0.2) is 0 Å². The second-order valence-corrected chi connectivity index (χ2v) is 3.78. The standard InChI is InChI=1S/C14H14N2O/c1-10-6-5-9-12(14(15)16)13(10)17-11-7-3-2-4-8-11/h2-9H,1H3,(H3,15,16). The molecule has 0 bridgehead atoms. The van der Waals surface area contributed by atoms with E-state index in [0.29, 0.717) is 11.3 Å². The molecule has 0 atom stereocenters. The van der Waals surface area contributed by atoms with Crippen LogP contribution in [-0.2, 0) is 0 Å². The minimum atomic E-state index is 0.0135. The lowest BCUT2D eigenvalue weighted by molar-refractivity contribution is 0.478. The van der Waals surface area contributed by atoms with E-state index in [1.54, 1.807) is 6.07 Å². The monoisotopic (exact) mass is 226 g/mol. The van der Waals surface area contributed by atoms with Crippen molar-refractivity contribution in [1.82, 2.24) is 0 Å². The van der Waals surface area contributed by atoms with Crippen LogP contribution in [0.3, 0.4) is 0 Å². The fourth-order valence-electron chi connectivity index (χ4n) is 1.61. The summed E-state index contributed by atoms with van der Waals surface area (Å²) in [6.45, 7) is 1.94. The number of nitrogens with one attached hydrogen (secondary N) is 1. The third-order valence-electron chi connectivity index (χ3n) is 2.47. The lowest BCUT2D eigenvalue weighted by Gasteiger charge is -2.12. The Bertz CT molecular complexity index is 535. The smallest absolute Gasteiger partial charge is 0.141 e. The maximum Gasteiger partial charge on any atom is 0.141 e. The van der Waals surface area contributed by atoms with Crippen LogP contribution in [0.25, 0.3) is 0 Å². The highest BCUT2D eigenvalue weighted by Gasteiger charge is 2.10. The van der Waals surface area contributed by atoms with Gasteiger partial charge in [0.05, 0.1) is 5.56 Å². The summed E-state index contributed by atoms with van der Waals surface area (Å²) in [5, 5.41) is 7.54. The number of hydrogen-bond acceptors (Lipinski definition) is 2. The van der Waals surface area contributed by atoms with Crippen LogP contribution in [0.1, 0.15) is 11.1 Å². The van der Waals surface area contributed by atoms with Crippen molar-refractivity contribution in [3.8, 4) is 11.5 Å². The van der Waals surface area contributed by atoms with E-state index < -0.39 is 0 Å². The van der Waals surface area contributed by atoms with Gasteiger partial charge in [0.25, 0.3) is 0 Å².